The van der Waals surface area contributed by atoms with Crippen LogP contribution >= 0.6 is 11.3 Å². The normalized spacial score (nSPS) is 10.4. The third-order valence-electron chi connectivity index (χ3n) is 2.26. The van der Waals surface area contributed by atoms with E-state index in [2.05, 4.69) is 20.8 Å². The highest BCUT2D eigenvalue weighted by molar-refractivity contribution is 7.12. The second kappa shape index (κ2) is 6.58. The van der Waals surface area contributed by atoms with Crippen molar-refractivity contribution in [2.45, 2.75) is 6.92 Å². The van der Waals surface area contributed by atoms with Crippen LogP contribution in [0.2, 0.25) is 0 Å². The number of nitrogens with one attached hydrogen (secondary N) is 2. The van der Waals surface area contributed by atoms with Crippen molar-refractivity contribution >= 4 is 29.2 Å². The predicted octanol–water partition coefficient (Wildman–Crippen LogP) is 1.32. The van der Waals surface area contributed by atoms with Gasteiger partial charge < -0.3 is 0 Å². The molecule has 2 amide bonds. The molecule has 0 aromatic carbocycles. The van der Waals surface area contributed by atoms with Gasteiger partial charge in [0.2, 0.25) is 0 Å². The lowest BCUT2D eigenvalue weighted by molar-refractivity contribution is -0.117. The monoisotopic (exact) mass is 288 g/mol. The van der Waals surface area contributed by atoms with Crippen LogP contribution in [-0.4, -0.2) is 21.8 Å². The number of hydrogen-bond donors (Lipinski definition) is 2. The van der Waals surface area contributed by atoms with E-state index >= 15 is 0 Å². The molecule has 6 nitrogen and oxygen atoms in total. The number of aromatic nitrogens is 2. The lowest BCUT2D eigenvalue weighted by Gasteiger charge is -2.03. The maximum atomic E-state index is 11.6. The highest BCUT2D eigenvalue weighted by Gasteiger charge is 2.06. The van der Waals surface area contributed by atoms with Crippen LogP contribution in [0.4, 0.5) is 0 Å². The Morgan fingerprint density at radius 1 is 1.25 bits per heavy atom. The Morgan fingerprint density at radius 2 is 2.10 bits per heavy atom. The van der Waals surface area contributed by atoms with Gasteiger partial charge in [0, 0.05) is 28.2 Å². The first kappa shape index (κ1) is 13.9. The summed E-state index contributed by atoms with van der Waals surface area (Å²) in [5.74, 6) is -0.944. The average molecular weight is 288 g/mol. The van der Waals surface area contributed by atoms with Crippen molar-refractivity contribution in [3.63, 3.8) is 0 Å². The lowest BCUT2D eigenvalue weighted by Crippen LogP contribution is -2.41. The van der Waals surface area contributed by atoms with Crippen molar-refractivity contribution in [3.05, 3.63) is 52.2 Å². The number of rotatable bonds is 3. The summed E-state index contributed by atoms with van der Waals surface area (Å²) in [5, 5.41) is 0. The highest BCUT2D eigenvalue weighted by atomic mass is 32.1. The van der Waals surface area contributed by atoms with E-state index in [0.717, 1.165) is 4.88 Å². The summed E-state index contributed by atoms with van der Waals surface area (Å²) >= 11 is 1.58. The smallest absolute Gasteiger partial charge is 0.268 e. The SMILES string of the molecule is Cc1ccc(/C=C/C(=O)NNC(=O)c2cnccn2)s1. The Bertz CT molecular complexity index is 637. The van der Waals surface area contributed by atoms with Gasteiger partial charge in [-0.3, -0.25) is 25.4 Å². The maximum absolute atomic E-state index is 11.6. The zero-order chi connectivity index (χ0) is 14.4. The summed E-state index contributed by atoms with van der Waals surface area (Å²) in [4.78, 5) is 32.8. The number of carbonyl (C=O) groups is 2. The molecule has 2 rings (SSSR count). The molecule has 0 saturated heterocycles. The lowest BCUT2D eigenvalue weighted by atomic mass is 10.4. The molecule has 0 aliphatic rings. The van der Waals surface area contributed by atoms with Gasteiger partial charge >= 0.3 is 0 Å². The molecular formula is C13H12N4O2S. The molecule has 0 spiro atoms. The van der Waals surface area contributed by atoms with E-state index in [-0.39, 0.29) is 5.69 Å². The molecule has 2 aromatic rings. The molecule has 7 heteroatoms. The zero-order valence-corrected chi connectivity index (χ0v) is 11.5. The van der Waals surface area contributed by atoms with Crippen LogP contribution in [0.3, 0.4) is 0 Å². The van der Waals surface area contributed by atoms with Gasteiger partial charge in [0.1, 0.15) is 5.69 Å². The van der Waals surface area contributed by atoms with Crippen molar-refractivity contribution in [2.24, 2.45) is 0 Å². The Morgan fingerprint density at radius 3 is 2.75 bits per heavy atom. The van der Waals surface area contributed by atoms with Gasteiger partial charge in [0.05, 0.1) is 6.20 Å². The van der Waals surface area contributed by atoms with Crippen molar-refractivity contribution < 1.29 is 9.59 Å². The van der Waals surface area contributed by atoms with Crippen LogP contribution in [0.1, 0.15) is 20.2 Å². The van der Waals surface area contributed by atoms with E-state index in [4.69, 9.17) is 0 Å². The average Bonchev–Trinajstić information content (AvgIpc) is 2.89. The third kappa shape index (κ3) is 3.99. The molecule has 0 unspecified atom stereocenters. The molecule has 0 aliphatic carbocycles. The molecule has 0 bridgehead atoms. The van der Waals surface area contributed by atoms with Crippen molar-refractivity contribution in [1.29, 1.82) is 0 Å². The zero-order valence-electron chi connectivity index (χ0n) is 10.7. The number of nitrogens with zero attached hydrogens (tertiary/aromatic N) is 2. The summed E-state index contributed by atoms with van der Waals surface area (Å²) < 4.78 is 0. The summed E-state index contributed by atoms with van der Waals surface area (Å²) in [6.07, 6.45) is 7.20. The molecular weight excluding hydrogens is 276 g/mol. The third-order valence-corrected chi connectivity index (χ3v) is 3.22. The molecule has 102 valence electrons. The van der Waals surface area contributed by atoms with E-state index in [0.29, 0.717) is 0 Å². The number of amides is 2. The summed E-state index contributed by atoms with van der Waals surface area (Å²) in [7, 11) is 0. The summed E-state index contributed by atoms with van der Waals surface area (Å²) in [6.45, 7) is 1.99. The van der Waals surface area contributed by atoms with Crippen LogP contribution < -0.4 is 10.9 Å². The Labute approximate surface area is 119 Å². The fourth-order valence-corrected chi connectivity index (χ4v) is 2.12. The second-order valence-corrected chi connectivity index (χ2v) is 5.14. The minimum Gasteiger partial charge on any atom is -0.268 e. The van der Waals surface area contributed by atoms with Gasteiger partial charge in [0.15, 0.2) is 0 Å². The highest BCUT2D eigenvalue weighted by Crippen LogP contribution is 2.16. The largest absolute Gasteiger partial charge is 0.289 e. The number of aryl methyl sites for hydroxylation is 1. The maximum Gasteiger partial charge on any atom is 0.289 e. The van der Waals surface area contributed by atoms with Crippen LogP contribution in [0, 0.1) is 6.92 Å². The number of hydrogen-bond acceptors (Lipinski definition) is 5. The first-order valence-corrected chi connectivity index (χ1v) is 6.57. The van der Waals surface area contributed by atoms with Gasteiger partial charge in [0.25, 0.3) is 11.8 Å². The van der Waals surface area contributed by atoms with E-state index in [1.165, 1.54) is 29.5 Å². The Kier molecular flexibility index (Phi) is 4.56. The standard InChI is InChI=1S/C13H12N4O2S/c1-9-2-3-10(20-9)4-5-12(18)16-17-13(19)11-8-14-6-7-15-11/h2-8H,1H3,(H,16,18)(H,17,19)/b5-4+. The van der Waals surface area contributed by atoms with Crippen LogP contribution in [0.15, 0.2) is 36.8 Å². The minimum absolute atomic E-state index is 0.130. The van der Waals surface area contributed by atoms with Gasteiger partial charge in [-0.05, 0) is 25.1 Å². The summed E-state index contributed by atoms with van der Waals surface area (Å²) in [6, 6.07) is 3.89. The van der Waals surface area contributed by atoms with Crippen LogP contribution in [0.5, 0.6) is 0 Å². The van der Waals surface area contributed by atoms with E-state index < -0.39 is 11.8 Å². The minimum atomic E-state index is -0.521. The Hall–Kier alpha value is -2.54. The topological polar surface area (TPSA) is 84.0 Å². The molecule has 0 aliphatic heterocycles. The molecule has 0 saturated carbocycles. The van der Waals surface area contributed by atoms with Gasteiger partial charge in [-0.1, -0.05) is 0 Å². The first-order valence-electron chi connectivity index (χ1n) is 5.76. The van der Waals surface area contributed by atoms with Gasteiger partial charge in [-0.15, -0.1) is 11.3 Å². The molecule has 0 radical (unpaired) electrons. The first-order chi connectivity index (χ1) is 9.65. The van der Waals surface area contributed by atoms with Crippen molar-refractivity contribution in [3.8, 4) is 0 Å². The molecule has 2 aromatic heterocycles. The van der Waals surface area contributed by atoms with Crippen LogP contribution in [0.25, 0.3) is 6.08 Å². The second-order valence-electron chi connectivity index (χ2n) is 3.82. The molecule has 2 N–H and O–H groups in total. The predicted molar refractivity (Wildman–Crippen MR) is 75.7 cm³/mol. The number of carbonyl (C=O) groups excluding carboxylic acids is 2. The molecule has 0 atom stereocenters. The quantitative estimate of drug-likeness (QED) is 0.659. The van der Waals surface area contributed by atoms with Crippen molar-refractivity contribution in [1.82, 2.24) is 20.8 Å². The van der Waals surface area contributed by atoms with Gasteiger partial charge in [-0.25, -0.2) is 4.98 Å². The van der Waals surface area contributed by atoms with E-state index in [9.17, 15) is 9.59 Å². The van der Waals surface area contributed by atoms with Crippen molar-refractivity contribution in [2.75, 3.05) is 0 Å². The molecule has 20 heavy (non-hydrogen) atoms. The fourth-order valence-electron chi connectivity index (χ4n) is 1.34. The van der Waals surface area contributed by atoms with Gasteiger partial charge in [-0.2, -0.15) is 0 Å². The molecule has 2 heterocycles. The number of hydrazine groups is 1. The molecule has 0 fully saturated rings. The number of thiophene rings is 1. The summed E-state index contributed by atoms with van der Waals surface area (Å²) in [5.41, 5.74) is 4.65. The fraction of sp³-hybridized carbons (Fsp3) is 0.0769. The Balaban J connectivity index is 1.83. The van der Waals surface area contributed by atoms with E-state index in [1.54, 1.807) is 17.4 Å². The van der Waals surface area contributed by atoms with E-state index in [1.807, 2.05) is 19.1 Å². The van der Waals surface area contributed by atoms with Crippen LogP contribution in [-0.2, 0) is 4.79 Å².